The van der Waals surface area contributed by atoms with E-state index in [1.807, 2.05) is 12.3 Å². The quantitative estimate of drug-likeness (QED) is 0.559. The predicted molar refractivity (Wildman–Crippen MR) is 35.9 cm³/mol. The van der Waals surface area contributed by atoms with E-state index in [0.29, 0.717) is 0 Å². The van der Waals surface area contributed by atoms with E-state index >= 15 is 0 Å². The van der Waals surface area contributed by atoms with E-state index in [4.69, 9.17) is 0 Å². The van der Waals surface area contributed by atoms with E-state index in [1.165, 1.54) is 0 Å². The van der Waals surface area contributed by atoms with Gasteiger partial charge in [0.2, 0.25) is 0 Å². The summed E-state index contributed by atoms with van der Waals surface area (Å²) < 4.78 is 0. The van der Waals surface area contributed by atoms with E-state index in [2.05, 4.69) is 5.32 Å². The molecule has 0 aromatic carbocycles. The Hall–Kier alpha value is -0.790. The minimum atomic E-state index is 0.172. The van der Waals surface area contributed by atoms with Crippen LogP contribution in [0.15, 0.2) is 12.3 Å². The number of allylic oxidation sites excluding steroid dienone is 1. The number of carbonyl (C=O) groups is 1. The van der Waals surface area contributed by atoms with Crippen LogP contribution in [0.25, 0.3) is 0 Å². The lowest BCUT2D eigenvalue weighted by Crippen LogP contribution is -2.21. The van der Waals surface area contributed by atoms with Crippen LogP contribution in [0, 0.1) is 5.92 Å². The van der Waals surface area contributed by atoms with Crippen molar-refractivity contribution in [3.05, 3.63) is 12.3 Å². The molecule has 0 bridgehead atoms. The van der Waals surface area contributed by atoms with E-state index in [-0.39, 0.29) is 11.7 Å². The summed E-state index contributed by atoms with van der Waals surface area (Å²) in [6.07, 6.45) is 4.73. The van der Waals surface area contributed by atoms with E-state index in [1.54, 1.807) is 6.92 Å². The molecule has 2 heteroatoms. The second-order valence-corrected chi connectivity index (χ2v) is 2.32. The van der Waals surface area contributed by atoms with Gasteiger partial charge in [-0.3, -0.25) is 4.79 Å². The van der Waals surface area contributed by atoms with Gasteiger partial charge in [0.1, 0.15) is 5.78 Å². The molecule has 1 atom stereocenters. The Morgan fingerprint density at radius 1 is 1.78 bits per heavy atom. The van der Waals surface area contributed by atoms with Crippen molar-refractivity contribution in [1.29, 1.82) is 0 Å². The summed E-state index contributed by atoms with van der Waals surface area (Å²) in [7, 11) is 0. The maximum atomic E-state index is 10.7. The average Bonchev–Trinajstić information content (AvgIpc) is 1.90. The average molecular weight is 125 g/mol. The number of ketones is 1. The molecule has 1 N–H and O–H groups in total. The molecular formula is C7H11NO. The third-order valence-electron chi connectivity index (χ3n) is 1.57. The molecule has 0 saturated heterocycles. The van der Waals surface area contributed by atoms with Crippen molar-refractivity contribution in [3.63, 3.8) is 0 Å². The minimum absolute atomic E-state index is 0.172. The second-order valence-electron chi connectivity index (χ2n) is 2.32. The molecule has 0 aromatic rings. The lowest BCUT2D eigenvalue weighted by atomic mass is 10.00. The molecule has 0 unspecified atom stereocenters. The molecule has 0 amide bonds. The summed E-state index contributed by atoms with van der Waals surface area (Å²) in [4.78, 5) is 10.7. The number of rotatable bonds is 1. The van der Waals surface area contributed by atoms with Crippen molar-refractivity contribution >= 4 is 5.78 Å². The van der Waals surface area contributed by atoms with Crippen LogP contribution in [0.3, 0.4) is 0 Å². The van der Waals surface area contributed by atoms with Crippen LogP contribution in [0.1, 0.15) is 13.3 Å². The van der Waals surface area contributed by atoms with E-state index in [9.17, 15) is 4.79 Å². The SMILES string of the molecule is CC(=O)[C@@H]1C=CNCC1. The normalized spacial score (nSPS) is 25.2. The molecule has 1 rings (SSSR count). The molecule has 0 aromatic heterocycles. The van der Waals surface area contributed by atoms with Gasteiger partial charge in [-0.05, 0) is 19.5 Å². The van der Waals surface area contributed by atoms with Gasteiger partial charge in [0.05, 0.1) is 0 Å². The van der Waals surface area contributed by atoms with Gasteiger partial charge in [-0.25, -0.2) is 0 Å². The lowest BCUT2D eigenvalue weighted by Gasteiger charge is -2.13. The molecule has 1 aliphatic heterocycles. The van der Waals surface area contributed by atoms with Gasteiger partial charge in [-0.1, -0.05) is 6.08 Å². The summed E-state index contributed by atoms with van der Waals surface area (Å²) in [6.45, 7) is 2.57. The minimum Gasteiger partial charge on any atom is -0.391 e. The number of Topliss-reactive ketones (excluding diaryl/α,β-unsaturated/α-hetero) is 1. The molecule has 0 spiro atoms. The highest BCUT2D eigenvalue weighted by Crippen LogP contribution is 2.07. The van der Waals surface area contributed by atoms with E-state index in [0.717, 1.165) is 13.0 Å². The molecule has 0 aliphatic carbocycles. The van der Waals surface area contributed by atoms with Gasteiger partial charge < -0.3 is 5.32 Å². The van der Waals surface area contributed by atoms with Crippen molar-refractivity contribution in [1.82, 2.24) is 5.32 Å². The van der Waals surface area contributed by atoms with Crippen LogP contribution in [-0.2, 0) is 4.79 Å². The standard InChI is InChI=1S/C7H11NO/c1-6(9)7-2-4-8-5-3-7/h2,4,7-8H,3,5H2,1H3/t7-/m1/s1. The molecule has 1 aliphatic rings. The zero-order valence-corrected chi connectivity index (χ0v) is 5.55. The largest absolute Gasteiger partial charge is 0.391 e. The lowest BCUT2D eigenvalue weighted by molar-refractivity contribution is -0.119. The molecule has 0 radical (unpaired) electrons. The molecule has 1 heterocycles. The van der Waals surface area contributed by atoms with E-state index < -0.39 is 0 Å². The number of hydrogen-bond donors (Lipinski definition) is 1. The van der Waals surface area contributed by atoms with Crippen LogP contribution in [-0.4, -0.2) is 12.3 Å². The third-order valence-corrected chi connectivity index (χ3v) is 1.57. The Morgan fingerprint density at radius 2 is 2.56 bits per heavy atom. The van der Waals surface area contributed by atoms with Gasteiger partial charge in [0.25, 0.3) is 0 Å². The van der Waals surface area contributed by atoms with Gasteiger partial charge in [0, 0.05) is 12.5 Å². The van der Waals surface area contributed by atoms with Crippen molar-refractivity contribution in [2.24, 2.45) is 5.92 Å². The Kier molecular flexibility index (Phi) is 1.88. The second kappa shape index (κ2) is 2.67. The third kappa shape index (κ3) is 1.56. The topological polar surface area (TPSA) is 29.1 Å². The highest BCUT2D eigenvalue weighted by molar-refractivity contribution is 5.80. The van der Waals surface area contributed by atoms with Crippen LogP contribution >= 0.6 is 0 Å². The van der Waals surface area contributed by atoms with Crippen molar-refractivity contribution in [2.45, 2.75) is 13.3 Å². The molecule has 0 saturated carbocycles. The summed E-state index contributed by atoms with van der Waals surface area (Å²) in [5.41, 5.74) is 0. The van der Waals surface area contributed by atoms with Crippen LogP contribution in [0.4, 0.5) is 0 Å². The fourth-order valence-corrected chi connectivity index (χ4v) is 0.941. The molecular weight excluding hydrogens is 114 g/mol. The zero-order valence-electron chi connectivity index (χ0n) is 5.55. The summed E-state index contributed by atoms with van der Waals surface area (Å²) >= 11 is 0. The van der Waals surface area contributed by atoms with Crippen LogP contribution in [0.2, 0.25) is 0 Å². The molecule has 9 heavy (non-hydrogen) atoms. The highest BCUT2D eigenvalue weighted by atomic mass is 16.1. The van der Waals surface area contributed by atoms with Crippen molar-refractivity contribution in [2.75, 3.05) is 6.54 Å². The highest BCUT2D eigenvalue weighted by Gasteiger charge is 2.11. The number of nitrogens with one attached hydrogen (secondary N) is 1. The first kappa shape index (κ1) is 6.33. The van der Waals surface area contributed by atoms with Crippen LogP contribution in [0.5, 0.6) is 0 Å². The predicted octanol–water partition coefficient (Wildman–Crippen LogP) is 0.699. The monoisotopic (exact) mass is 125 g/mol. The Balaban J connectivity index is 2.50. The molecule has 0 fully saturated rings. The van der Waals surface area contributed by atoms with Crippen molar-refractivity contribution < 1.29 is 4.79 Å². The van der Waals surface area contributed by atoms with Gasteiger partial charge >= 0.3 is 0 Å². The zero-order chi connectivity index (χ0) is 6.69. The smallest absolute Gasteiger partial charge is 0.136 e. The molecule has 50 valence electrons. The Labute approximate surface area is 54.9 Å². The number of hydrogen-bond acceptors (Lipinski definition) is 2. The first-order chi connectivity index (χ1) is 4.30. The maximum absolute atomic E-state index is 10.7. The van der Waals surface area contributed by atoms with Gasteiger partial charge in [0.15, 0.2) is 0 Å². The molecule has 2 nitrogen and oxygen atoms in total. The van der Waals surface area contributed by atoms with Gasteiger partial charge in [-0.15, -0.1) is 0 Å². The maximum Gasteiger partial charge on any atom is 0.136 e. The van der Waals surface area contributed by atoms with Crippen LogP contribution < -0.4 is 5.32 Å². The summed E-state index contributed by atoms with van der Waals surface area (Å²) in [5, 5.41) is 3.04. The fourth-order valence-electron chi connectivity index (χ4n) is 0.941. The Morgan fingerprint density at radius 3 is 2.89 bits per heavy atom. The summed E-state index contributed by atoms with van der Waals surface area (Å²) in [6, 6.07) is 0. The Bertz CT molecular complexity index is 140. The summed E-state index contributed by atoms with van der Waals surface area (Å²) in [5.74, 6) is 0.444. The van der Waals surface area contributed by atoms with Gasteiger partial charge in [-0.2, -0.15) is 0 Å². The van der Waals surface area contributed by atoms with Crippen molar-refractivity contribution in [3.8, 4) is 0 Å². The fraction of sp³-hybridized carbons (Fsp3) is 0.571. The first-order valence-electron chi connectivity index (χ1n) is 3.21. The first-order valence-corrected chi connectivity index (χ1v) is 3.21. The number of carbonyl (C=O) groups excluding carboxylic acids is 1.